The van der Waals surface area contributed by atoms with E-state index in [1.807, 2.05) is 24.3 Å². The van der Waals surface area contributed by atoms with Crippen molar-refractivity contribution in [3.63, 3.8) is 0 Å². The van der Waals surface area contributed by atoms with Crippen molar-refractivity contribution >= 4 is 43.5 Å². The van der Waals surface area contributed by atoms with Gasteiger partial charge in [-0.05, 0) is 42.3 Å². The predicted molar refractivity (Wildman–Crippen MR) is 120 cm³/mol. The molecule has 6 rings (SSSR count). The van der Waals surface area contributed by atoms with Crippen LogP contribution in [0.25, 0.3) is 53.9 Å². The molecule has 3 heterocycles. The Morgan fingerprint density at radius 1 is 0.828 bits per heavy atom. The molecule has 4 heteroatoms. The number of hydrogen-bond donors (Lipinski definition) is 0. The summed E-state index contributed by atoms with van der Waals surface area (Å²) in [7, 11) is 0. The van der Waals surface area contributed by atoms with Gasteiger partial charge in [-0.3, -0.25) is 0 Å². The van der Waals surface area contributed by atoms with E-state index < -0.39 is 0 Å². The van der Waals surface area contributed by atoms with Crippen molar-refractivity contribution in [3.8, 4) is 21.7 Å². The van der Waals surface area contributed by atoms with Crippen LogP contribution in [0.3, 0.4) is 0 Å². The van der Waals surface area contributed by atoms with E-state index in [0.717, 1.165) is 43.4 Å². The first-order chi connectivity index (χ1) is 14.3. The zero-order chi connectivity index (χ0) is 19.4. The van der Waals surface area contributed by atoms with Gasteiger partial charge in [0.2, 0.25) is 0 Å². The topological polar surface area (TPSA) is 38.9 Å². The van der Waals surface area contributed by atoms with E-state index in [0.29, 0.717) is 0 Å². The lowest BCUT2D eigenvalue weighted by Crippen LogP contribution is -1.87. The van der Waals surface area contributed by atoms with Gasteiger partial charge >= 0.3 is 0 Å². The first kappa shape index (κ1) is 16.5. The lowest BCUT2D eigenvalue weighted by Gasteiger charge is -2.05. The van der Waals surface area contributed by atoms with Crippen LogP contribution in [0.1, 0.15) is 5.56 Å². The lowest BCUT2D eigenvalue weighted by molar-refractivity contribution is 0.670. The van der Waals surface area contributed by atoms with E-state index in [1.165, 1.54) is 16.0 Å². The number of hydrogen-bond acceptors (Lipinski definition) is 4. The number of fused-ring (bicyclic) bond motifs is 4. The highest BCUT2D eigenvalue weighted by Crippen LogP contribution is 2.41. The van der Waals surface area contributed by atoms with Crippen molar-refractivity contribution in [2.24, 2.45) is 0 Å². The molecule has 3 nitrogen and oxygen atoms in total. The molecule has 0 fully saturated rings. The molecule has 138 valence electrons. The molecular weight excluding hydrogens is 376 g/mol. The smallest absolute Gasteiger partial charge is 0.144 e. The summed E-state index contributed by atoms with van der Waals surface area (Å²) in [6, 6.07) is 25.1. The molecule has 0 atom stereocenters. The highest BCUT2D eigenvalue weighted by atomic mass is 32.1. The average molecular weight is 392 g/mol. The van der Waals surface area contributed by atoms with Crippen molar-refractivity contribution in [1.82, 2.24) is 9.97 Å². The zero-order valence-electron chi connectivity index (χ0n) is 15.7. The molecule has 0 aliphatic heterocycles. The maximum atomic E-state index is 6.28. The summed E-state index contributed by atoms with van der Waals surface area (Å²) in [4.78, 5) is 10.4. The maximum Gasteiger partial charge on any atom is 0.144 e. The monoisotopic (exact) mass is 392 g/mol. The molecule has 3 aromatic heterocycles. The average Bonchev–Trinajstić information content (AvgIpc) is 3.35. The van der Waals surface area contributed by atoms with Crippen molar-refractivity contribution in [2.75, 3.05) is 0 Å². The van der Waals surface area contributed by atoms with Crippen LogP contribution in [-0.4, -0.2) is 9.97 Å². The van der Waals surface area contributed by atoms with E-state index in [9.17, 15) is 0 Å². The Labute approximate surface area is 171 Å². The fraction of sp³-hybridized carbons (Fsp3) is 0.0400. The van der Waals surface area contributed by atoms with Gasteiger partial charge in [0.1, 0.15) is 17.5 Å². The first-order valence-corrected chi connectivity index (χ1v) is 10.3. The fourth-order valence-corrected chi connectivity index (χ4v) is 5.06. The quantitative estimate of drug-likeness (QED) is 0.312. The number of thiophene rings is 1. The number of aromatic nitrogens is 2. The van der Waals surface area contributed by atoms with E-state index in [1.54, 1.807) is 17.7 Å². The SMILES string of the molecule is Cc1cc(-c2ncnc3cc(-c4ccccc4)sc23)c2oc3ccccc3c2c1. The van der Waals surface area contributed by atoms with Crippen molar-refractivity contribution in [3.05, 3.63) is 84.7 Å². The molecule has 0 spiro atoms. The number of rotatable bonds is 2. The standard InChI is InChI=1S/C25H16N2OS/c1-15-11-18-17-9-5-6-10-21(17)28-24(18)19(12-15)23-25-20(26-14-27-23)13-22(29-25)16-7-3-2-4-8-16/h2-14H,1H3. The van der Waals surface area contributed by atoms with Crippen LogP contribution >= 0.6 is 11.3 Å². The summed E-state index contributed by atoms with van der Waals surface area (Å²) in [6.07, 6.45) is 1.65. The van der Waals surface area contributed by atoms with Gasteiger partial charge < -0.3 is 4.42 Å². The summed E-state index contributed by atoms with van der Waals surface area (Å²) < 4.78 is 7.36. The Morgan fingerprint density at radius 3 is 2.55 bits per heavy atom. The number of aryl methyl sites for hydroxylation is 1. The minimum absolute atomic E-state index is 0.881. The van der Waals surface area contributed by atoms with Crippen LogP contribution in [0.4, 0.5) is 0 Å². The normalized spacial score (nSPS) is 11.6. The molecule has 0 N–H and O–H groups in total. The molecule has 0 aliphatic carbocycles. The highest BCUT2D eigenvalue weighted by Gasteiger charge is 2.18. The van der Waals surface area contributed by atoms with Crippen molar-refractivity contribution in [1.29, 1.82) is 0 Å². The van der Waals surface area contributed by atoms with Gasteiger partial charge in [0, 0.05) is 21.2 Å². The molecule has 0 saturated carbocycles. The van der Waals surface area contributed by atoms with Gasteiger partial charge in [0.15, 0.2) is 0 Å². The third-order valence-electron chi connectivity index (χ3n) is 5.25. The molecule has 6 aromatic rings. The van der Waals surface area contributed by atoms with Gasteiger partial charge in [-0.2, -0.15) is 0 Å². The summed E-state index contributed by atoms with van der Waals surface area (Å²) >= 11 is 1.73. The predicted octanol–water partition coefficient (Wildman–Crippen LogP) is 7.23. The Bertz CT molecular complexity index is 1510. The summed E-state index contributed by atoms with van der Waals surface area (Å²) in [5.41, 5.74) is 7.07. The Hall–Kier alpha value is -3.50. The maximum absolute atomic E-state index is 6.28. The van der Waals surface area contributed by atoms with Gasteiger partial charge in [0.25, 0.3) is 0 Å². The highest BCUT2D eigenvalue weighted by molar-refractivity contribution is 7.22. The molecular formula is C25H16N2OS. The molecule has 0 bridgehead atoms. The number of para-hydroxylation sites is 1. The molecule has 0 aliphatic rings. The second kappa shape index (κ2) is 6.26. The van der Waals surface area contributed by atoms with E-state index in [4.69, 9.17) is 4.42 Å². The second-order valence-electron chi connectivity index (χ2n) is 7.20. The lowest BCUT2D eigenvalue weighted by atomic mass is 10.0. The molecule has 0 radical (unpaired) electrons. The third kappa shape index (κ3) is 2.57. The van der Waals surface area contributed by atoms with Gasteiger partial charge in [0.05, 0.1) is 15.9 Å². The zero-order valence-corrected chi connectivity index (χ0v) is 16.5. The molecule has 29 heavy (non-hydrogen) atoms. The summed E-state index contributed by atoms with van der Waals surface area (Å²) in [5.74, 6) is 0. The van der Waals surface area contributed by atoms with Gasteiger partial charge in [-0.15, -0.1) is 11.3 Å². The van der Waals surface area contributed by atoms with E-state index in [-0.39, 0.29) is 0 Å². The second-order valence-corrected chi connectivity index (χ2v) is 8.25. The van der Waals surface area contributed by atoms with Crippen LogP contribution in [0.2, 0.25) is 0 Å². The largest absolute Gasteiger partial charge is 0.455 e. The van der Waals surface area contributed by atoms with Gasteiger partial charge in [-0.1, -0.05) is 48.5 Å². The van der Waals surface area contributed by atoms with Crippen LogP contribution in [-0.2, 0) is 0 Å². The first-order valence-electron chi connectivity index (χ1n) is 9.50. The summed E-state index contributed by atoms with van der Waals surface area (Å²) in [6.45, 7) is 2.12. The van der Waals surface area contributed by atoms with Crippen LogP contribution in [0.15, 0.2) is 83.5 Å². The van der Waals surface area contributed by atoms with Crippen molar-refractivity contribution in [2.45, 2.75) is 6.92 Å². The number of furan rings is 1. The van der Waals surface area contributed by atoms with Crippen LogP contribution < -0.4 is 0 Å². The van der Waals surface area contributed by atoms with E-state index >= 15 is 0 Å². The molecule has 0 saturated heterocycles. The van der Waals surface area contributed by atoms with Gasteiger partial charge in [-0.25, -0.2) is 9.97 Å². The van der Waals surface area contributed by atoms with Crippen LogP contribution in [0.5, 0.6) is 0 Å². The number of benzene rings is 3. The molecule has 0 amide bonds. The Balaban J connectivity index is 1.66. The van der Waals surface area contributed by atoms with Crippen LogP contribution in [0, 0.1) is 6.92 Å². The number of nitrogens with zero attached hydrogens (tertiary/aromatic N) is 2. The Kier molecular flexibility index (Phi) is 3.55. The summed E-state index contributed by atoms with van der Waals surface area (Å²) in [5, 5.41) is 2.26. The Morgan fingerprint density at radius 2 is 1.66 bits per heavy atom. The molecule has 3 aromatic carbocycles. The third-order valence-corrected chi connectivity index (χ3v) is 6.43. The minimum atomic E-state index is 0.881. The fourth-order valence-electron chi connectivity index (χ4n) is 3.94. The van der Waals surface area contributed by atoms with E-state index in [2.05, 4.69) is 65.4 Å². The molecule has 0 unspecified atom stereocenters. The van der Waals surface area contributed by atoms with Crippen molar-refractivity contribution < 1.29 is 4.42 Å². The minimum Gasteiger partial charge on any atom is -0.455 e.